The molecular weight excluding hydrogens is 370 g/mol. The third-order valence-electron chi connectivity index (χ3n) is 3.93. The highest BCUT2D eigenvalue weighted by Gasteiger charge is 2.08. The van der Waals surface area contributed by atoms with Gasteiger partial charge in [-0.3, -0.25) is 19.7 Å². The van der Waals surface area contributed by atoms with Crippen molar-refractivity contribution in [1.29, 1.82) is 0 Å². The Morgan fingerprint density at radius 3 is 2.31 bits per heavy atom. The van der Waals surface area contributed by atoms with Gasteiger partial charge in [-0.05, 0) is 42.0 Å². The van der Waals surface area contributed by atoms with Gasteiger partial charge >= 0.3 is 0 Å². The number of anilines is 2. The average Bonchev–Trinajstić information content (AvgIpc) is 2.73. The van der Waals surface area contributed by atoms with E-state index in [0.717, 1.165) is 0 Å². The van der Waals surface area contributed by atoms with Crippen molar-refractivity contribution in [3.8, 4) is 0 Å². The van der Waals surface area contributed by atoms with Gasteiger partial charge in [0.1, 0.15) is 0 Å². The summed E-state index contributed by atoms with van der Waals surface area (Å²) in [6.45, 7) is 0. The third kappa shape index (κ3) is 5.61. The number of carbonyl (C=O) groups excluding carboxylic acids is 2. The number of nitrogens with zero attached hydrogens (tertiary/aromatic N) is 1. The topological polar surface area (TPSA) is 101 Å². The van der Waals surface area contributed by atoms with Crippen molar-refractivity contribution < 1.29 is 14.5 Å². The first-order chi connectivity index (χ1) is 14.0. The van der Waals surface area contributed by atoms with Crippen LogP contribution >= 0.6 is 0 Å². The molecule has 0 aliphatic rings. The summed E-state index contributed by atoms with van der Waals surface area (Å²) in [6.07, 6.45) is 2.75. The number of nitro groups is 1. The van der Waals surface area contributed by atoms with Crippen molar-refractivity contribution in [3.05, 3.63) is 106 Å². The quantitative estimate of drug-likeness (QED) is 0.369. The Bertz CT molecular complexity index is 1080. The van der Waals surface area contributed by atoms with Crippen molar-refractivity contribution in [2.75, 3.05) is 10.6 Å². The molecule has 0 spiro atoms. The molecule has 7 nitrogen and oxygen atoms in total. The number of nitrogens with one attached hydrogen (secondary N) is 2. The second-order valence-electron chi connectivity index (χ2n) is 6.08. The fraction of sp³-hybridized carbons (Fsp3) is 0. The maximum absolute atomic E-state index is 12.4. The van der Waals surface area contributed by atoms with Crippen LogP contribution in [0.5, 0.6) is 0 Å². The van der Waals surface area contributed by atoms with Crippen molar-refractivity contribution >= 4 is 35.0 Å². The molecule has 2 N–H and O–H groups in total. The Balaban J connectivity index is 1.65. The second-order valence-corrected chi connectivity index (χ2v) is 6.08. The molecule has 0 saturated carbocycles. The fourth-order valence-corrected chi connectivity index (χ4v) is 2.56. The van der Waals surface area contributed by atoms with Crippen LogP contribution in [-0.2, 0) is 4.79 Å². The van der Waals surface area contributed by atoms with Gasteiger partial charge in [-0.15, -0.1) is 0 Å². The van der Waals surface area contributed by atoms with Gasteiger partial charge < -0.3 is 10.6 Å². The maximum atomic E-state index is 12.4. The predicted molar refractivity (Wildman–Crippen MR) is 112 cm³/mol. The number of benzene rings is 3. The monoisotopic (exact) mass is 387 g/mol. The lowest BCUT2D eigenvalue weighted by molar-refractivity contribution is -0.384. The van der Waals surface area contributed by atoms with E-state index >= 15 is 0 Å². The molecule has 0 heterocycles. The molecule has 0 saturated heterocycles. The van der Waals surface area contributed by atoms with Gasteiger partial charge in [-0.2, -0.15) is 0 Å². The van der Waals surface area contributed by atoms with E-state index in [9.17, 15) is 19.7 Å². The Morgan fingerprint density at radius 1 is 0.828 bits per heavy atom. The molecule has 3 aromatic carbocycles. The van der Waals surface area contributed by atoms with E-state index in [-0.39, 0.29) is 11.6 Å². The Kier molecular flexibility index (Phi) is 6.12. The average molecular weight is 387 g/mol. The van der Waals surface area contributed by atoms with E-state index in [1.54, 1.807) is 48.5 Å². The van der Waals surface area contributed by atoms with Gasteiger partial charge in [0.15, 0.2) is 0 Å². The van der Waals surface area contributed by atoms with Crippen LogP contribution in [0, 0.1) is 10.1 Å². The Hall–Kier alpha value is -4.26. The zero-order chi connectivity index (χ0) is 20.6. The number of nitro benzene ring substituents is 1. The molecule has 0 aliphatic heterocycles. The van der Waals surface area contributed by atoms with Crippen LogP contribution in [0.3, 0.4) is 0 Å². The minimum atomic E-state index is -0.497. The first kappa shape index (κ1) is 19.5. The van der Waals surface area contributed by atoms with E-state index < -0.39 is 10.8 Å². The number of amides is 2. The van der Waals surface area contributed by atoms with E-state index in [0.29, 0.717) is 22.5 Å². The first-order valence-corrected chi connectivity index (χ1v) is 8.71. The molecular formula is C22H17N3O4. The number of rotatable bonds is 6. The summed E-state index contributed by atoms with van der Waals surface area (Å²) >= 11 is 0. The molecule has 2 amide bonds. The molecule has 0 aliphatic carbocycles. The Morgan fingerprint density at radius 2 is 1.55 bits per heavy atom. The van der Waals surface area contributed by atoms with Crippen LogP contribution in [0.1, 0.15) is 15.9 Å². The van der Waals surface area contributed by atoms with Gasteiger partial charge in [0.05, 0.1) is 4.92 Å². The minimum Gasteiger partial charge on any atom is -0.322 e. The van der Waals surface area contributed by atoms with Crippen LogP contribution in [0.2, 0.25) is 0 Å². The van der Waals surface area contributed by atoms with Crippen LogP contribution in [-0.4, -0.2) is 16.7 Å². The van der Waals surface area contributed by atoms with Gasteiger partial charge in [-0.25, -0.2) is 0 Å². The zero-order valence-electron chi connectivity index (χ0n) is 15.2. The first-order valence-electron chi connectivity index (χ1n) is 8.71. The molecule has 0 unspecified atom stereocenters. The highest BCUT2D eigenvalue weighted by Crippen LogP contribution is 2.16. The maximum Gasteiger partial charge on any atom is 0.270 e. The smallest absolute Gasteiger partial charge is 0.270 e. The van der Waals surface area contributed by atoms with Crippen LogP contribution in [0.4, 0.5) is 17.1 Å². The molecule has 0 radical (unpaired) electrons. The van der Waals surface area contributed by atoms with Crippen molar-refractivity contribution in [1.82, 2.24) is 0 Å². The van der Waals surface area contributed by atoms with Gasteiger partial charge in [0.2, 0.25) is 5.91 Å². The number of hydrogen-bond acceptors (Lipinski definition) is 4. The lowest BCUT2D eigenvalue weighted by atomic mass is 10.1. The summed E-state index contributed by atoms with van der Waals surface area (Å²) in [5.41, 5.74) is 2.01. The molecule has 144 valence electrons. The van der Waals surface area contributed by atoms with Gasteiger partial charge in [-0.1, -0.05) is 36.4 Å². The normalized spacial score (nSPS) is 10.5. The number of carbonyl (C=O) groups is 2. The summed E-state index contributed by atoms with van der Waals surface area (Å²) in [6, 6.07) is 21.6. The lowest BCUT2D eigenvalue weighted by Gasteiger charge is -2.07. The molecule has 29 heavy (non-hydrogen) atoms. The van der Waals surface area contributed by atoms with E-state index in [4.69, 9.17) is 0 Å². The van der Waals surface area contributed by atoms with Crippen LogP contribution in [0.15, 0.2) is 84.9 Å². The zero-order valence-corrected chi connectivity index (χ0v) is 15.2. The van der Waals surface area contributed by atoms with Crippen molar-refractivity contribution in [2.45, 2.75) is 0 Å². The van der Waals surface area contributed by atoms with E-state index in [2.05, 4.69) is 10.6 Å². The van der Waals surface area contributed by atoms with Gasteiger partial charge in [0.25, 0.3) is 11.6 Å². The highest BCUT2D eigenvalue weighted by atomic mass is 16.6. The molecule has 3 aromatic rings. The summed E-state index contributed by atoms with van der Waals surface area (Å²) in [5.74, 6) is -0.712. The number of hydrogen-bond donors (Lipinski definition) is 2. The molecule has 0 atom stereocenters. The van der Waals surface area contributed by atoms with Crippen molar-refractivity contribution in [3.63, 3.8) is 0 Å². The molecule has 3 rings (SSSR count). The summed E-state index contributed by atoms with van der Waals surface area (Å²) in [4.78, 5) is 34.8. The van der Waals surface area contributed by atoms with Crippen molar-refractivity contribution in [2.24, 2.45) is 0 Å². The second kappa shape index (κ2) is 9.09. The fourth-order valence-electron chi connectivity index (χ4n) is 2.56. The summed E-state index contributed by atoms with van der Waals surface area (Å²) in [5, 5.41) is 16.3. The standard InChI is InChI=1S/C22H17N3O4/c26-21(13-12-16-6-4-11-20(14-16)25(28)29)23-19-10-5-7-17(15-19)22(27)24-18-8-2-1-3-9-18/h1-15H,(H,23,26)(H,24,27)/b13-12+. The lowest BCUT2D eigenvalue weighted by Crippen LogP contribution is -2.13. The predicted octanol–water partition coefficient (Wildman–Crippen LogP) is 4.50. The molecule has 0 aromatic heterocycles. The van der Waals surface area contributed by atoms with E-state index in [1.165, 1.54) is 24.3 Å². The number of non-ortho nitro benzene ring substituents is 1. The molecule has 0 bridgehead atoms. The molecule has 7 heteroatoms. The third-order valence-corrected chi connectivity index (χ3v) is 3.93. The van der Waals surface area contributed by atoms with Gasteiger partial charge in [0, 0.05) is 35.1 Å². The largest absolute Gasteiger partial charge is 0.322 e. The molecule has 0 fully saturated rings. The SMILES string of the molecule is O=C(/C=C/c1cccc([N+](=O)[O-])c1)Nc1cccc(C(=O)Nc2ccccc2)c1. The highest BCUT2D eigenvalue weighted by molar-refractivity contribution is 6.06. The Labute approximate surface area is 166 Å². The van der Waals surface area contributed by atoms with Crippen LogP contribution < -0.4 is 10.6 Å². The number of para-hydroxylation sites is 1. The summed E-state index contributed by atoms with van der Waals surface area (Å²) in [7, 11) is 0. The minimum absolute atomic E-state index is 0.0512. The van der Waals surface area contributed by atoms with Crippen LogP contribution in [0.25, 0.3) is 6.08 Å². The summed E-state index contributed by atoms with van der Waals surface area (Å²) < 4.78 is 0. The van der Waals surface area contributed by atoms with E-state index in [1.807, 2.05) is 18.2 Å².